The number of aromatic nitrogens is 1. The van der Waals surface area contributed by atoms with Crippen LogP contribution in [0.25, 0.3) is 0 Å². The second-order valence-electron chi connectivity index (χ2n) is 4.62. The Labute approximate surface area is 109 Å². The minimum Gasteiger partial charge on any atom is -0.384 e. The van der Waals surface area contributed by atoms with E-state index in [0.29, 0.717) is 0 Å². The molecular weight excluding hydrogens is 259 g/mol. The lowest BCUT2D eigenvalue weighted by atomic mass is 10.2. The van der Waals surface area contributed by atoms with Crippen molar-refractivity contribution in [2.75, 3.05) is 18.2 Å². The van der Waals surface area contributed by atoms with E-state index in [0.717, 1.165) is 31.4 Å². The van der Waals surface area contributed by atoms with Crippen LogP contribution < -0.4 is 11.1 Å². The molecule has 0 aromatic carbocycles. The second-order valence-corrected chi connectivity index (χ2v) is 4.62. The molecule has 0 spiro atoms. The molecule has 2 rings (SSSR count). The zero-order chi connectivity index (χ0) is 14.0. The molecular formula is C12H16F3N3O. The van der Waals surface area contributed by atoms with E-state index in [2.05, 4.69) is 10.3 Å². The van der Waals surface area contributed by atoms with E-state index in [4.69, 9.17) is 10.5 Å². The molecule has 106 valence electrons. The number of hydrogen-bond donors (Lipinski definition) is 2. The molecule has 1 aromatic rings. The zero-order valence-corrected chi connectivity index (χ0v) is 10.5. The lowest BCUT2D eigenvalue weighted by molar-refractivity contribution is -0.137. The number of ether oxygens (including phenoxy) is 1. The summed E-state index contributed by atoms with van der Waals surface area (Å²) in [7, 11) is 1.60. The summed E-state index contributed by atoms with van der Waals surface area (Å²) < 4.78 is 43.3. The molecule has 4 nitrogen and oxygen atoms in total. The number of anilines is 2. The number of methoxy groups -OCH3 is 1. The molecule has 1 fully saturated rings. The van der Waals surface area contributed by atoms with E-state index in [1.165, 1.54) is 0 Å². The van der Waals surface area contributed by atoms with Crippen molar-refractivity contribution in [2.24, 2.45) is 0 Å². The van der Waals surface area contributed by atoms with Gasteiger partial charge in [0, 0.05) is 7.11 Å². The first-order chi connectivity index (χ1) is 8.90. The number of nitrogens with one attached hydrogen (secondary N) is 1. The Bertz CT molecular complexity index is 450. The van der Waals surface area contributed by atoms with Crippen molar-refractivity contribution < 1.29 is 17.9 Å². The molecule has 7 heteroatoms. The molecule has 1 aromatic heterocycles. The van der Waals surface area contributed by atoms with Crippen molar-refractivity contribution in [2.45, 2.75) is 37.6 Å². The Hall–Kier alpha value is -1.50. The third-order valence-electron chi connectivity index (χ3n) is 3.26. The van der Waals surface area contributed by atoms with E-state index in [1.54, 1.807) is 7.11 Å². The quantitative estimate of drug-likeness (QED) is 0.890. The number of nitrogens with two attached hydrogens (primary N) is 1. The zero-order valence-electron chi connectivity index (χ0n) is 10.5. The van der Waals surface area contributed by atoms with Crippen LogP contribution >= 0.6 is 0 Å². The van der Waals surface area contributed by atoms with Crippen molar-refractivity contribution in [1.82, 2.24) is 4.98 Å². The number of nitrogen functional groups attached to an aromatic ring is 1. The highest BCUT2D eigenvalue weighted by molar-refractivity contribution is 5.48. The number of alkyl halides is 3. The lowest BCUT2D eigenvalue weighted by Gasteiger charge is -2.21. The molecule has 1 aliphatic rings. The Morgan fingerprint density at radius 2 is 2.11 bits per heavy atom. The molecule has 0 saturated heterocycles. The Morgan fingerprint density at radius 3 is 2.74 bits per heavy atom. The Balaban J connectivity index is 2.18. The molecule has 0 amide bonds. The highest BCUT2D eigenvalue weighted by atomic mass is 19.4. The molecule has 19 heavy (non-hydrogen) atoms. The van der Waals surface area contributed by atoms with E-state index in [-0.39, 0.29) is 23.8 Å². The normalized spacial score (nSPS) is 23.6. The molecule has 1 aliphatic carbocycles. The van der Waals surface area contributed by atoms with Gasteiger partial charge in [-0.25, -0.2) is 4.98 Å². The maximum Gasteiger partial charge on any atom is 0.416 e. The Kier molecular flexibility index (Phi) is 3.84. The van der Waals surface area contributed by atoms with Crippen LogP contribution in [0.15, 0.2) is 12.1 Å². The average molecular weight is 275 g/mol. The fraction of sp³-hybridized carbons (Fsp3) is 0.583. The standard InChI is InChI=1S/C12H16F3N3O/c1-19-9-4-2-3-8(9)17-11-6-7(12(13,14)15)5-10(16)18-11/h5-6,8-9H,2-4H2,1H3,(H3,16,17,18). The van der Waals surface area contributed by atoms with Gasteiger partial charge in [-0.15, -0.1) is 0 Å². The van der Waals surface area contributed by atoms with Crippen molar-refractivity contribution in [3.05, 3.63) is 17.7 Å². The SMILES string of the molecule is COC1CCCC1Nc1cc(C(F)(F)F)cc(N)n1. The van der Waals surface area contributed by atoms with Crippen molar-refractivity contribution in [1.29, 1.82) is 0 Å². The van der Waals surface area contributed by atoms with Gasteiger partial charge in [-0.1, -0.05) is 0 Å². The maximum atomic E-state index is 12.7. The summed E-state index contributed by atoms with van der Waals surface area (Å²) in [6, 6.07) is 1.77. The summed E-state index contributed by atoms with van der Waals surface area (Å²) in [4.78, 5) is 3.89. The second kappa shape index (κ2) is 5.24. The predicted octanol–water partition coefficient (Wildman–Crippen LogP) is 2.66. The van der Waals surface area contributed by atoms with Crippen LogP contribution in [0.5, 0.6) is 0 Å². The van der Waals surface area contributed by atoms with E-state index in [1.807, 2.05) is 0 Å². The summed E-state index contributed by atoms with van der Waals surface area (Å²) in [6.07, 6.45) is -1.72. The van der Waals surface area contributed by atoms with E-state index < -0.39 is 11.7 Å². The highest BCUT2D eigenvalue weighted by Crippen LogP contribution is 2.32. The molecule has 0 bridgehead atoms. The summed E-state index contributed by atoms with van der Waals surface area (Å²) >= 11 is 0. The van der Waals surface area contributed by atoms with Crippen molar-refractivity contribution in [3.63, 3.8) is 0 Å². The smallest absolute Gasteiger partial charge is 0.384 e. The summed E-state index contributed by atoms with van der Waals surface area (Å²) in [5.41, 5.74) is 4.62. The number of halogens is 3. The molecule has 0 aliphatic heterocycles. The molecule has 0 radical (unpaired) electrons. The van der Waals surface area contributed by atoms with Crippen LogP contribution in [0.2, 0.25) is 0 Å². The van der Waals surface area contributed by atoms with Crippen molar-refractivity contribution >= 4 is 11.6 Å². The fourth-order valence-corrected chi connectivity index (χ4v) is 2.35. The van der Waals surface area contributed by atoms with Gasteiger partial charge < -0.3 is 15.8 Å². The number of nitrogens with zero attached hydrogens (tertiary/aromatic N) is 1. The van der Waals surface area contributed by atoms with Gasteiger partial charge in [0.25, 0.3) is 0 Å². The van der Waals surface area contributed by atoms with Gasteiger partial charge >= 0.3 is 6.18 Å². The van der Waals surface area contributed by atoms with E-state index in [9.17, 15) is 13.2 Å². The van der Waals surface area contributed by atoms with Crippen LogP contribution in [-0.2, 0) is 10.9 Å². The maximum absolute atomic E-state index is 12.7. The van der Waals surface area contributed by atoms with Crippen LogP contribution in [0.4, 0.5) is 24.8 Å². The van der Waals surface area contributed by atoms with Crippen LogP contribution in [0.3, 0.4) is 0 Å². The Morgan fingerprint density at radius 1 is 1.37 bits per heavy atom. The van der Waals surface area contributed by atoms with Gasteiger partial charge in [0.15, 0.2) is 0 Å². The van der Waals surface area contributed by atoms with Gasteiger partial charge in [0.1, 0.15) is 11.6 Å². The minimum absolute atomic E-state index is 0.00225. The summed E-state index contributed by atoms with van der Waals surface area (Å²) in [5.74, 6) is -0.00874. The van der Waals surface area contributed by atoms with Gasteiger partial charge in [0.05, 0.1) is 17.7 Å². The fourth-order valence-electron chi connectivity index (χ4n) is 2.35. The van der Waals surface area contributed by atoms with Crippen LogP contribution in [0.1, 0.15) is 24.8 Å². The largest absolute Gasteiger partial charge is 0.416 e. The van der Waals surface area contributed by atoms with Crippen molar-refractivity contribution in [3.8, 4) is 0 Å². The van der Waals surface area contributed by atoms with Gasteiger partial charge in [-0.05, 0) is 31.4 Å². The van der Waals surface area contributed by atoms with E-state index >= 15 is 0 Å². The van der Waals surface area contributed by atoms with Gasteiger partial charge in [-0.2, -0.15) is 13.2 Å². The molecule has 3 N–H and O–H groups in total. The highest BCUT2D eigenvalue weighted by Gasteiger charge is 2.32. The van der Waals surface area contributed by atoms with Crippen LogP contribution in [0, 0.1) is 0 Å². The molecule has 1 saturated carbocycles. The first-order valence-electron chi connectivity index (χ1n) is 6.04. The predicted molar refractivity (Wildman–Crippen MR) is 65.7 cm³/mol. The monoisotopic (exact) mass is 275 g/mol. The van der Waals surface area contributed by atoms with Gasteiger partial charge in [0.2, 0.25) is 0 Å². The summed E-state index contributed by atoms with van der Waals surface area (Å²) in [6.45, 7) is 0. The number of pyridine rings is 1. The number of hydrogen-bond acceptors (Lipinski definition) is 4. The first-order valence-corrected chi connectivity index (χ1v) is 6.04. The molecule has 2 unspecified atom stereocenters. The topological polar surface area (TPSA) is 60.2 Å². The lowest BCUT2D eigenvalue weighted by Crippen LogP contribution is -2.30. The first kappa shape index (κ1) is 13.9. The van der Waals surface area contributed by atoms with Gasteiger partial charge in [-0.3, -0.25) is 0 Å². The number of rotatable bonds is 3. The average Bonchev–Trinajstić information content (AvgIpc) is 2.74. The third-order valence-corrected chi connectivity index (χ3v) is 3.26. The minimum atomic E-state index is -4.43. The summed E-state index contributed by atoms with van der Waals surface area (Å²) in [5, 5.41) is 2.98. The third kappa shape index (κ3) is 3.28. The molecule has 1 heterocycles. The van der Waals surface area contributed by atoms with Crippen LogP contribution in [-0.4, -0.2) is 24.2 Å². The molecule has 2 atom stereocenters.